The molecule has 3 heteroatoms. The Balaban J connectivity index is 2.23. The minimum Gasteiger partial charge on any atom is -0.343 e. The van der Waals surface area contributed by atoms with Gasteiger partial charge in [-0.2, -0.15) is 0 Å². The van der Waals surface area contributed by atoms with Gasteiger partial charge in [0.25, 0.3) is 0 Å². The second kappa shape index (κ2) is 8.68. The average molecular weight is 312 g/mol. The molecule has 0 bridgehead atoms. The van der Waals surface area contributed by atoms with Crippen molar-refractivity contribution in [1.82, 2.24) is 4.90 Å². The van der Waals surface area contributed by atoms with Gasteiger partial charge in [0.15, 0.2) is 0 Å². The second-order valence-electron chi connectivity index (χ2n) is 6.09. The number of carbonyl (C=O) groups excluding carboxylic acids is 1. The molecule has 3 nitrogen and oxygen atoms in total. The first kappa shape index (κ1) is 17.5. The Morgan fingerprint density at radius 2 is 1.70 bits per heavy atom. The normalized spacial score (nSPS) is 12.3. The summed E-state index contributed by atoms with van der Waals surface area (Å²) in [5.74, 6) is 0.293. The molecule has 0 heterocycles. The zero-order valence-corrected chi connectivity index (χ0v) is 14.3. The van der Waals surface area contributed by atoms with Crippen molar-refractivity contribution in [1.29, 1.82) is 0 Å². The molecule has 0 fully saturated rings. The van der Waals surface area contributed by atoms with E-state index in [0.29, 0.717) is 13.0 Å². The molecule has 2 N–H and O–H groups in total. The van der Waals surface area contributed by atoms with Gasteiger partial charge in [0.1, 0.15) is 0 Å². The highest BCUT2D eigenvalue weighted by atomic mass is 16.2. The smallest absolute Gasteiger partial charge is 0.223 e. The highest BCUT2D eigenvalue weighted by Crippen LogP contribution is 2.28. The highest BCUT2D eigenvalue weighted by molar-refractivity contribution is 5.87. The molecule has 0 aliphatic rings. The lowest BCUT2D eigenvalue weighted by Gasteiger charge is -2.25. The predicted octanol–water partition coefficient (Wildman–Crippen LogP) is 3.92. The van der Waals surface area contributed by atoms with Crippen molar-refractivity contribution in [2.45, 2.75) is 39.0 Å². The SMILES string of the molecule is CCCN(CCC)C(=O)CC(CN)c1cccc2ccccc12. The number of nitrogens with two attached hydrogens (primary N) is 1. The van der Waals surface area contributed by atoms with Crippen LogP contribution < -0.4 is 5.73 Å². The van der Waals surface area contributed by atoms with Crippen molar-refractivity contribution in [3.8, 4) is 0 Å². The Bertz CT molecular complexity index is 627. The van der Waals surface area contributed by atoms with E-state index in [0.717, 1.165) is 25.9 Å². The second-order valence-corrected chi connectivity index (χ2v) is 6.09. The first-order valence-electron chi connectivity index (χ1n) is 8.66. The molecular weight excluding hydrogens is 284 g/mol. The summed E-state index contributed by atoms with van der Waals surface area (Å²) in [5.41, 5.74) is 7.21. The van der Waals surface area contributed by atoms with Gasteiger partial charge in [-0.3, -0.25) is 4.79 Å². The lowest BCUT2D eigenvalue weighted by molar-refractivity contribution is -0.131. The van der Waals surface area contributed by atoms with E-state index in [4.69, 9.17) is 5.73 Å². The van der Waals surface area contributed by atoms with Crippen molar-refractivity contribution < 1.29 is 4.79 Å². The summed E-state index contributed by atoms with van der Waals surface area (Å²) < 4.78 is 0. The third kappa shape index (κ3) is 4.32. The maximum Gasteiger partial charge on any atom is 0.223 e. The van der Waals surface area contributed by atoms with Gasteiger partial charge >= 0.3 is 0 Å². The van der Waals surface area contributed by atoms with Crippen LogP contribution in [-0.2, 0) is 4.79 Å². The first-order chi connectivity index (χ1) is 11.2. The lowest BCUT2D eigenvalue weighted by Crippen LogP contribution is -2.34. The molecule has 2 aromatic rings. The number of nitrogens with zero attached hydrogens (tertiary/aromatic N) is 1. The van der Waals surface area contributed by atoms with Crippen LogP contribution in [0.1, 0.15) is 44.6 Å². The third-order valence-corrected chi connectivity index (χ3v) is 4.31. The molecule has 2 rings (SSSR count). The molecule has 0 saturated heterocycles. The number of benzene rings is 2. The number of carbonyl (C=O) groups is 1. The summed E-state index contributed by atoms with van der Waals surface area (Å²) in [6.45, 7) is 6.38. The van der Waals surface area contributed by atoms with Crippen LogP contribution in [0.4, 0.5) is 0 Å². The van der Waals surface area contributed by atoms with Gasteiger partial charge < -0.3 is 10.6 Å². The monoisotopic (exact) mass is 312 g/mol. The quantitative estimate of drug-likeness (QED) is 0.803. The molecule has 1 unspecified atom stereocenters. The van der Waals surface area contributed by atoms with Gasteiger partial charge in [-0.15, -0.1) is 0 Å². The minimum absolute atomic E-state index is 0.0739. The molecule has 0 spiro atoms. The molecular formula is C20H28N2O. The van der Waals surface area contributed by atoms with Gasteiger partial charge in [0.05, 0.1) is 0 Å². The van der Waals surface area contributed by atoms with Crippen LogP contribution in [0.2, 0.25) is 0 Å². The van der Waals surface area contributed by atoms with Gasteiger partial charge in [-0.25, -0.2) is 0 Å². The molecule has 124 valence electrons. The Kier molecular flexibility index (Phi) is 6.60. The Morgan fingerprint density at radius 3 is 2.35 bits per heavy atom. The number of rotatable bonds is 8. The number of hydrogen-bond acceptors (Lipinski definition) is 2. The zero-order valence-electron chi connectivity index (χ0n) is 14.3. The number of fused-ring (bicyclic) bond motifs is 1. The number of hydrogen-bond donors (Lipinski definition) is 1. The average Bonchev–Trinajstić information content (AvgIpc) is 2.59. The predicted molar refractivity (Wildman–Crippen MR) is 97.5 cm³/mol. The Hall–Kier alpha value is -1.87. The molecule has 23 heavy (non-hydrogen) atoms. The van der Waals surface area contributed by atoms with E-state index in [-0.39, 0.29) is 11.8 Å². The van der Waals surface area contributed by atoms with Gasteiger partial charge in [0, 0.05) is 25.4 Å². The Morgan fingerprint density at radius 1 is 1.04 bits per heavy atom. The summed E-state index contributed by atoms with van der Waals surface area (Å²) in [7, 11) is 0. The van der Waals surface area contributed by atoms with Crippen molar-refractivity contribution >= 4 is 16.7 Å². The fourth-order valence-electron chi connectivity index (χ4n) is 3.17. The van der Waals surface area contributed by atoms with Gasteiger partial charge in [0.2, 0.25) is 5.91 Å². The largest absolute Gasteiger partial charge is 0.343 e. The van der Waals surface area contributed by atoms with Crippen molar-refractivity contribution in [3.05, 3.63) is 48.0 Å². The summed E-state index contributed by atoms with van der Waals surface area (Å²) in [4.78, 5) is 14.7. The van der Waals surface area contributed by atoms with Crippen molar-refractivity contribution in [3.63, 3.8) is 0 Å². The van der Waals surface area contributed by atoms with Crippen LogP contribution in [0.5, 0.6) is 0 Å². The highest BCUT2D eigenvalue weighted by Gasteiger charge is 2.20. The standard InChI is InChI=1S/C20H28N2O/c1-3-12-22(13-4-2)20(23)14-17(15-21)19-11-7-9-16-8-5-6-10-18(16)19/h5-11,17H,3-4,12-15,21H2,1-2H3. The lowest BCUT2D eigenvalue weighted by atomic mass is 9.90. The van der Waals surface area contributed by atoms with Crippen molar-refractivity contribution in [2.75, 3.05) is 19.6 Å². The number of amides is 1. The minimum atomic E-state index is 0.0739. The topological polar surface area (TPSA) is 46.3 Å². The molecule has 0 saturated carbocycles. The van der Waals surface area contributed by atoms with Crippen LogP contribution >= 0.6 is 0 Å². The molecule has 0 aromatic heterocycles. The zero-order chi connectivity index (χ0) is 16.7. The molecule has 1 atom stereocenters. The van der Waals surface area contributed by atoms with Gasteiger partial charge in [-0.05, 0) is 35.7 Å². The van der Waals surface area contributed by atoms with Crippen LogP contribution in [0, 0.1) is 0 Å². The fourth-order valence-corrected chi connectivity index (χ4v) is 3.17. The summed E-state index contributed by atoms with van der Waals surface area (Å²) in [5, 5.41) is 2.41. The van der Waals surface area contributed by atoms with E-state index in [1.54, 1.807) is 0 Å². The first-order valence-corrected chi connectivity index (χ1v) is 8.66. The third-order valence-electron chi connectivity index (χ3n) is 4.31. The van der Waals surface area contributed by atoms with E-state index < -0.39 is 0 Å². The molecule has 0 radical (unpaired) electrons. The van der Waals surface area contributed by atoms with E-state index >= 15 is 0 Å². The Labute approximate surface area is 139 Å². The molecule has 0 aliphatic heterocycles. The van der Waals surface area contributed by atoms with E-state index in [1.165, 1.54) is 16.3 Å². The van der Waals surface area contributed by atoms with E-state index in [1.807, 2.05) is 17.0 Å². The van der Waals surface area contributed by atoms with Gasteiger partial charge in [-0.1, -0.05) is 56.3 Å². The van der Waals surface area contributed by atoms with E-state index in [2.05, 4.69) is 44.2 Å². The summed E-state index contributed by atoms with van der Waals surface area (Å²) >= 11 is 0. The maximum atomic E-state index is 12.7. The maximum absolute atomic E-state index is 12.7. The van der Waals surface area contributed by atoms with Crippen LogP contribution in [-0.4, -0.2) is 30.4 Å². The molecule has 1 amide bonds. The van der Waals surface area contributed by atoms with Crippen LogP contribution in [0.3, 0.4) is 0 Å². The van der Waals surface area contributed by atoms with Crippen molar-refractivity contribution in [2.24, 2.45) is 5.73 Å². The molecule has 0 aliphatic carbocycles. The van der Waals surface area contributed by atoms with Crippen LogP contribution in [0.25, 0.3) is 10.8 Å². The van der Waals surface area contributed by atoms with E-state index in [9.17, 15) is 4.79 Å². The summed E-state index contributed by atoms with van der Waals surface area (Å²) in [6, 6.07) is 14.6. The van der Waals surface area contributed by atoms with Crippen LogP contribution in [0.15, 0.2) is 42.5 Å². The fraction of sp³-hybridized carbons (Fsp3) is 0.450. The molecule has 2 aromatic carbocycles. The summed E-state index contributed by atoms with van der Waals surface area (Å²) in [6.07, 6.45) is 2.48.